The van der Waals surface area contributed by atoms with Crippen molar-refractivity contribution in [1.82, 2.24) is 5.32 Å². The number of halogens is 1. The van der Waals surface area contributed by atoms with E-state index in [2.05, 4.69) is 23.5 Å². The molecule has 0 saturated heterocycles. The summed E-state index contributed by atoms with van der Waals surface area (Å²) < 4.78 is 0. The topological polar surface area (TPSA) is 32.3 Å². The molecule has 2 nitrogen and oxygen atoms in total. The van der Waals surface area contributed by atoms with E-state index in [-0.39, 0.29) is 6.61 Å². The second-order valence-corrected chi connectivity index (χ2v) is 5.04. The predicted molar refractivity (Wildman–Crippen MR) is 71.1 cm³/mol. The van der Waals surface area contributed by atoms with Crippen LogP contribution in [0.5, 0.6) is 0 Å². The third-order valence-electron chi connectivity index (χ3n) is 3.20. The first-order chi connectivity index (χ1) is 8.19. The Morgan fingerprint density at radius 3 is 2.88 bits per heavy atom. The molecule has 1 aliphatic carbocycles. The highest BCUT2D eigenvalue weighted by atomic mass is 35.5. The lowest BCUT2D eigenvalue weighted by Gasteiger charge is -2.13. The van der Waals surface area contributed by atoms with Gasteiger partial charge in [0.05, 0.1) is 0 Å². The second-order valence-electron chi connectivity index (χ2n) is 4.63. The Morgan fingerprint density at radius 2 is 2.24 bits per heavy atom. The maximum absolute atomic E-state index is 9.04. The Morgan fingerprint density at radius 1 is 1.41 bits per heavy atom. The molecule has 0 unspecified atom stereocenters. The molecule has 0 heterocycles. The van der Waals surface area contributed by atoms with Gasteiger partial charge in [0.15, 0.2) is 0 Å². The molecule has 2 atom stereocenters. The first kappa shape index (κ1) is 12.6. The van der Waals surface area contributed by atoms with Gasteiger partial charge in [0, 0.05) is 30.1 Å². The molecule has 1 aromatic rings. The molecule has 0 fully saturated rings. The Balaban J connectivity index is 1.86. The van der Waals surface area contributed by atoms with E-state index in [9.17, 15) is 0 Å². The van der Waals surface area contributed by atoms with Gasteiger partial charge < -0.3 is 10.4 Å². The monoisotopic (exact) mass is 251 g/mol. The van der Waals surface area contributed by atoms with Crippen molar-refractivity contribution >= 4 is 11.6 Å². The lowest BCUT2D eigenvalue weighted by atomic mass is 10.1. The molecular weight excluding hydrogens is 234 g/mol. The second kappa shape index (κ2) is 5.67. The number of nitrogens with one attached hydrogen (secondary N) is 1. The quantitative estimate of drug-likeness (QED) is 0.807. The Kier molecular flexibility index (Phi) is 4.21. The summed E-state index contributed by atoms with van der Waals surface area (Å²) in [5, 5.41) is 13.3. The van der Waals surface area contributed by atoms with E-state index in [1.165, 1.54) is 5.56 Å². The summed E-state index contributed by atoms with van der Waals surface area (Å²) in [5.74, 6) is 0.319. The van der Waals surface area contributed by atoms with Crippen LogP contribution >= 0.6 is 11.6 Å². The van der Waals surface area contributed by atoms with E-state index in [0.717, 1.165) is 23.6 Å². The summed E-state index contributed by atoms with van der Waals surface area (Å²) in [5.41, 5.74) is 2.36. The first-order valence-corrected chi connectivity index (χ1v) is 6.34. The molecule has 0 amide bonds. The maximum atomic E-state index is 9.04. The molecule has 0 aromatic heterocycles. The van der Waals surface area contributed by atoms with Gasteiger partial charge in [0.2, 0.25) is 0 Å². The van der Waals surface area contributed by atoms with Gasteiger partial charge in [-0.3, -0.25) is 0 Å². The van der Waals surface area contributed by atoms with Crippen LogP contribution < -0.4 is 5.32 Å². The fourth-order valence-electron chi connectivity index (χ4n) is 2.13. The number of hydrogen-bond donors (Lipinski definition) is 2. The van der Waals surface area contributed by atoms with Crippen molar-refractivity contribution in [1.29, 1.82) is 0 Å². The Labute approximate surface area is 107 Å². The molecule has 1 aliphatic rings. The van der Waals surface area contributed by atoms with E-state index >= 15 is 0 Å². The van der Waals surface area contributed by atoms with Gasteiger partial charge in [-0.1, -0.05) is 35.9 Å². The average Bonchev–Trinajstić information content (AvgIpc) is 2.79. The molecule has 0 saturated carbocycles. The maximum Gasteiger partial charge on any atom is 0.0494 e. The standard InChI is InChI=1S/C14H18ClNO/c1-10-6-11(3-5-14(10)15)8-16-13-4-2-12(7-13)9-17/h2-6,12-13,16-17H,7-9H2,1H3/t12-,13+/m0/s1. The van der Waals surface area contributed by atoms with Crippen LogP contribution in [0.1, 0.15) is 17.5 Å². The van der Waals surface area contributed by atoms with Gasteiger partial charge in [-0.05, 0) is 30.5 Å². The van der Waals surface area contributed by atoms with Crippen molar-refractivity contribution in [3.63, 3.8) is 0 Å². The van der Waals surface area contributed by atoms with Gasteiger partial charge in [-0.2, -0.15) is 0 Å². The van der Waals surface area contributed by atoms with Gasteiger partial charge >= 0.3 is 0 Å². The fourth-order valence-corrected chi connectivity index (χ4v) is 2.24. The van der Waals surface area contributed by atoms with Gasteiger partial charge in [0.1, 0.15) is 0 Å². The first-order valence-electron chi connectivity index (χ1n) is 5.96. The molecule has 2 rings (SSSR count). The van der Waals surface area contributed by atoms with E-state index in [1.54, 1.807) is 0 Å². The third-order valence-corrected chi connectivity index (χ3v) is 3.62. The van der Waals surface area contributed by atoms with E-state index in [1.807, 2.05) is 19.1 Å². The molecule has 0 aliphatic heterocycles. The van der Waals surface area contributed by atoms with Crippen LogP contribution in [-0.4, -0.2) is 17.8 Å². The van der Waals surface area contributed by atoms with E-state index in [4.69, 9.17) is 16.7 Å². The van der Waals surface area contributed by atoms with Crippen LogP contribution in [0.3, 0.4) is 0 Å². The molecule has 1 aromatic carbocycles. The van der Waals surface area contributed by atoms with Crippen molar-refractivity contribution in [2.75, 3.05) is 6.61 Å². The van der Waals surface area contributed by atoms with Crippen LogP contribution in [0, 0.1) is 12.8 Å². The van der Waals surface area contributed by atoms with E-state index < -0.39 is 0 Å². The summed E-state index contributed by atoms with van der Waals surface area (Å²) in [6, 6.07) is 6.47. The number of rotatable bonds is 4. The SMILES string of the molecule is Cc1cc(CN[C@@H]2C=C[C@H](CO)C2)ccc1Cl. The predicted octanol–water partition coefficient (Wildman–Crippen LogP) is 2.68. The van der Waals surface area contributed by atoms with Gasteiger partial charge in [0.25, 0.3) is 0 Å². The summed E-state index contributed by atoms with van der Waals surface area (Å²) in [6.07, 6.45) is 5.22. The highest BCUT2D eigenvalue weighted by Crippen LogP contribution is 2.19. The minimum atomic E-state index is 0.245. The zero-order valence-corrected chi connectivity index (χ0v) is 10.7. The average molecular weight is 252 g/mol. The summed E-state index contributed by atoms with van der Waals surface area (Å²) in [7, 11) is 0. The Bertz CT molecular complexity index is 417. The van der Waals surface area contributed by atoms with Crippen LogP contribution in [0.4, 0.5) is 0 Å². The normalized spacial score (nSPS) is 23.2. The fraction of sp³-hybridized carbons (Fsp3) is 0.429. The van der Waals surface area contributed by atoms with Gasteiger partial charge in [-0.25, -0.2) is 0 Å². The minimum Gasteiger partial charge on any atom is -0.396 e. The molecule has 17 heavy (non-hydrogen) atoms. The molecule has 2 N–H and O–H groups in total. The van der Waals surface area contributed by atoms with E-state index in [0.29, 0.717) is 12.0 Å². The number of aryl methyl sites for hydroxylation is 1. The molecule has 92 valence electrons. The number of hydrogen-bond acceptors (Lipinski definition) is 2. The molecular formula is C14H18ClNO. The summed E-state index contributed by atoms with van der Waals surface area (Å²) in [4.78, 5) is 0. The van der Waals surface area contributed by atoms with Crippen LogP contribution in [0.15, 0.2) is 30.4 Å². The molecule has 0 spiro atoms. The van der Waals surface area contributed by atoms with Crippen molar-refractivity contribution in [2.45, 2.75) is 25.9 Å². The molecule has 0 bridgehead atoms. The third kappa shape index (κ3) is 3.32. The number of benzene rings is 1. The van der Waals surface area contributed by atoms with Crippen LogP contribution in [0.2, 0.25) is 5.02 Å². The lowest BCUT2D eigenvalue weighted by Crippen LogP contribution is -2.26. The minimum absolute atomic E-state index is 0.245. The smallest absolute Gasteiger partial charge is 0.0494 e. The zero-order valence-electron chi connectivity index (χ0n) is 9.99. The van der Waals surface area contributed by atoms with Gasteiger partial charge in [-0.15, -0.1) is 0 Å². The highest BCUT2D eigenvalue weighted by Gasteiger charge is 2.17. The molecule has 0 radical (unpaired) electrons. The number of aliphatic hydroxyl groups excluding tert-OH is 1. The van der Waals surface area contributed by atoms with Crippen molar-refractivity contribution in [2.24, 2.45) is 5.92 Å². The molecule has 3 heteroatoms. The number of aliphatic hydroxyl groups is 1. The van der Waals surface area contributed by atoms with Crippen molar-refractivity contribution < 1.29 is 5.11 Å². The Hall–Kier alpha value is -0.830. The van der Waals surface area contributed by atoms with Crippen molar-refractivity contribution in [3.8, 4) is 0 Å². The van der Waals surface area contributed by atoms with Crippen LogP contribution in [-0.2, 0) is 6.54 Å². The largest absolute Gasteiger partial charge is 0.396 e. The summed E-state index contributed by atoms with van der Waals surface area (Å²) in [6.45, 7) is 3.10. The van der Waals surface area contributed by atoms with Crippen molar-refractivity contribution in [3.05, 3.63) is 46.5 Å². The lowest BCUT2D eigenvalue weighted by molar-refractivity contribution is 0.246. The highest BCUT2D eigenvalue weighted by molar-refractivity contribution is 6.31. The van der Waals surface area contributed by atoms with Crippen LogP contribution in [0.25, 0.3) is 0 Å². The summed E-state index contributed by atoms with van der Waals surface area (Å²) >= 11 is 5.99. The zero-order chi connectivity index (χ0) is 12.3.